The summed E-state index contributed by atoms with van der Waals surface area (Å²) in [4.78, 5) is 96.6. The van der Waals surface area contributed by atoms with E-state index in [-0.39, 0.29) is 78.2 Å². The van der Waals surface area contributed by atoms with E-state index in [9.17, 15) is 57.0 Å². The summed E-state index contributed by atoms with van der Waals surface area (Å²) in [7, 11) is -1.20. The Kier molecular flexibility index (Phi) is 35.2. The van der Waals surface area contributed by atoms with Crippen molar-refractivity contribution < 1.29 is 75.9 Å². The van der Waals surface area contributed by atoms with Crippen molar-refractivity contribution in [2.45, 2.75) is 153 Å². The molecule has 400 valence electrons. The molecule has 0 aromatic carbocycles. The molecule has 70 heavy (non-hydrogen) atoms. The number of aryl methyl sites for hydroxylation is 1. The van der Waals surface area contributed by atoms with Crippen LogP contribution in [0.3, 0.4) is 0 Å². The Labute approximate surface area is 409 Å². The van der Waals surface area contributed by atoms with Crippen LogP contribution < -0.4 is 31.3 Å². The summed E-state index contributed by atoms with van der Waals surface area (Å²) in [6.45, 7) is -0.224. The fourth-order valence-electron chi connectivity index (χ4n) is 6.59. The van der Waals surface area contributed by atoms with Gasteiger partial charge < -0.3 is 55.7 Å². The molecule has 9 N–H and O–H groups in total. The first-order valence-corrected chi connectivity index (χ1v) is 25.5. The first kappa shape index (κ1) is 62.6. The minimum absolute atomic E-state index is 0.0431. The monoisotopic (exact) mass is 1020 g/mol. The van der Waals surface area contributed by atoms with Crippen LogP contribution >= 0.6 is 0 Å². The number of carboxylic acid groups (broad SMARTS) is 2. The van der Waals surface area contributed by atoms with Crippen LogP contribution in [-0.2, 0) is 73.7 Å². The number of aliphatic carboxylic acids is 2. The second-order valence-corrected chi connectivity index (χ2v) is 18.2. The largest absolute Gasteiger partial charge is 0.480 e. The quantitative estimate of drug-likeness (QED) is 0.0310. The topological polar surface area (TPSA) is 375 Å². The van der Waals surface area contributed by atoms with Gasteiger partial charge >= 0.3 is 11.9 Å². The average Bonchev–Trinajstić information content (AvgIpc) is 3.84. The summed E-state index contributed by atoms with van der Waals surface area (Å²) in [5.74, 6) is -6.41. The lowest BCUT2D eigenvalue weighted by Crippen LogP contribution is -2.44. The average molecular weight is 1020 g/mol. The summed E-state index contributed by atoms with van der Waals surface area (Å²) >= 11 is 0. The summed E-state index contributed by atoms with van der Waals surface area (Å²) in [6.07, 6.45) is 12.2. The summed E-state index contributed by atoms with van der Waals surface area (Å²) in [5, 5.41) is 44.8. The lowest BCUT2D eigenvalue weighted by molar-refractivity contribution is -0.143. The number of amides is 6. The standard InChI is InChI=1S/C43H76N10O16S/c1-66-41(67-2)30-46-39(58)29-45-40(59)31-69-27-26-68-25-24-44-35(54)22-20-32(42(60)61)48-37(56)23-21-33(43(62)63)47-36(55)19-16-28-70(64,65)51-38(57)18-15-13-11-9-7-5-3-4-6-8-10-12-14-17-34-49-52-53-50-34/h32-33,41H,3-31H2,1-2H3,(H,44,54)(H,45,59)(H,46,58)(H,47,55)(H,48,56)(H,51,57)(H,60,61)(H,62,63)(H,49,50,52,53). The summed E-state index contributed by atoms with van der Waals surface area (Å²) in [5.41, 5.74) is 0. The molecule has 0 radical (unpaired) electrons. The number of sulfonamides is 1. The molecule has 26 nitrogen and oxygen atoms in total. The van der Waals surface area contributed by atoms with E-state index >= 15 is 0 Å². The van der Waals surface area contributed by atoms with E-state index in [1.165, 1.54) is 52.7 Å². The van der Waals surface area contributed by atoms with Crippen molar-refractivity contribution >= 4 is 57.4 Å². The maximum absolute atomic E-state index is 12.5. The molecule has 0 bridgehead atoms. The molecule has 0 saturated carbocycles. The zero-order valence-electron chi connectivity index (χ0n) is 40.6. The smallest absolute Gasteiger partial charge is 0.326 e. The number of unbranched alkanes of at least 4 members (excludes halogenated alkanes) is 12. The van der Waals surface area contributed by atoms with E-state index < -0.39 is 94.4 Å². The Morgan fingerprint density at radius 1 is 0.586 bits per heavy atom. The third kappa shape index (κ3) is 34.8. The zero-order valence-corrected chi connectivity index (χ0v) is 41.4. The number of H-pyrrole nitrogens is 1. The Balaban J connectivity index is 2.15. The molecule has 0 saturated heterocycles. The molecule has 0 aliphatic heterocycles. The van der Waals surface area contributed by atoms with Gasteiger partial charge in [0, 0.05) is 52.9 Å². The predicted octanol–water partition coefficient (Wildman–Crippen LogP) is 0.130. The number of carboxylic acids is 2. The van der Waals surface area contributed by atoms with E-state index in [2.05, 4.69) is 47.2 Å². The normalized spacial score (nSPS) is 12.2. The number of carbonyl (C=O) groups is 8. The van der Waals surface area contributed by atoms with E-state index in [1.807, 2.05) is 4.72 Å². The number of carbonyl (C=O) groups excluding carboxylic acids is 6. The molecule has 0 aliphatic carbocycles. The molecule has 1 aromatic heterocycles. The van der Waals surface area contributed by atoms with Gasteiger partial charge in [-0.05, 0) is 42.5 Å². The van der Waals surface area contributed by atoms with Crippen LogP contribution in [0.15, 0.2) is 0 Å². The van der Waals surface area contributed by atoms with Gasteiger partial charge in [0.25, 0.3) is 0 Å². The van der Waals surface area contributed by atoms with Gasteiger partial charge in [0.15, 0.2) is 6.29 Å². The number of aromatic nitrogens is 4. The van der Waals surface area contributed by atoms with Gasteiger partial charge in [-0.1, -0.05) is 70.6 Å². The molecule has 1 heterocycles. The number of nitrogens with one attached hydrogen (secondary N) is 7. The number of nitrogens with zero attached hydrogens (tertiary/aromatic N) is 3. The summed E-state index contributed by atoms with van der Waals surface area (Å²) < 4.78 is 47.2. The number of aromatic amines is 1. The van der Waals surface area contributed by atoms with E-state index in [4.69, 9.17) is 18.9 Å². The number of tetrazole rings is 1. The second kappa shape index (κ2) is 39.4. The second-order valence-electron chi connectivity index (χ2n) is 16.4. The third-order valence-electron chi connectivity index (χ3n) is 10.5. The molecule has 6 amide bonds. The van der Waals surface area contributed by atoms with Gasteiger partial charge in [0.2, 0.25) is 45.5 Å². The number of hydrogen-bond acceptors (Lipinski definition) is 17. The number of hydrogen-bond donors (Lipinski definition) is 9. The van der Waals surface area contributed by atoms with Crippen LogP contribution in [0.5, 0.6) is 0 Å². The van der Waals surface area contributed by atoms with Crippen molar-refractivity contribution in [3.05, 3.63) is 5.82 Å². The van der Waals surface area contributed by atoms with Crippen LogP contribution in [0.2, 0.25) is 0 Å². The van der Waals surface area contributed by atoms with Crippen molar-refractivity contribution in [2.75, 3.05) is 66.0 Å². The molecule has 27 heteroatoms. The molecule has 2 atom stereocenters. The van der Waals surface area contributed by atoms with Gasteiger partial charge in [0.1, 0.15) is 24.5 Å². The highest BCUT2D eigenvalue weighted by Crippen LogP contribution is 2.14. The van der Waals surface area contributed by atoms with Gasteiger partial charge in [-0.25, -0.2) is 23.1 Å². The molecule has 0 aliphatic rings. The molecule has 0 fully saturated rings. The molecule has 2 unspecified atom stereocenters. The molecule has 1 aromatic rings. The van der Waals surface area contributed by atoms with E-state index in [1.54, 1.807) is 0 Å². The Morgan fingerprint density at radius 2 is 1.11 bits per heavy atom. The highest BCUT2D eigenvalue weighted by atomic mass is 32.2. The number of rotatable bonds is 45. The van der Waals surface area contributed by atoms with Gasteiger partial charge in [-0.3, -0.25) is 33.5 Å². The van der Waals surface area contributed by atoms with Crippen molar-refractivity contribution in [2.24, 2.45) is 0 Å². The maximum Gasteiger partial charge on any atom is 0.326 e. The minimum atomic E-state index is -4.03. The minimum Gasteiger partial charge on any atom is -0.480 e. The highest BCUT2D eigenvalue weighted by Gasteiger charge is 2.25. The third-order valence-corrected chi connectivity index (χ3v) is 11.9. The first-order valence-electron chi connectivity index (χ1n) is 23.9. The maximum atomic E-state index is 12.5. The van der Waals surface area contributed by atoms with Crippen LogP contribution in [0.4, 0.5) is 0 Å². The molecule has 1 rings (SSSR count). The van der Waals surface area contributed by atoms with Gasteiger partial charge in [0.05, 0.1) is 38.7 Å². The van der Waals surface area contributed by atoms with Crippen molar-refractivity contribution in [1.29, 1.82) is 0 Å². The first-order chi connectivity index (χ1) is 33.5. The van der Waals surface area contributed by atoms with E-state index in [0.717, 1.165) is 50.8 Å². The molecular weight excluding hydrogens is 945 g/mol. The van der Waals surface area contributed by atoms with Crippen molar-refractivity contribution in [3.63, 3.8) is 0 Å². The van der Waals surface area contributed by atoms with Gasteiger partial charge in [-0.2, -0.15) is 0 Å². The Morgan fingerprint density at radius 3 is 1.67 bits per heavy atom. The van der Waals surface area contributed by atoms with Crippen molar-refractivity contribution in [3.8, 4) is 0 Å². The van der Waals surface area contributed by atoms with Gasteiger partial charge in [-0.15, -0.1) is 5.10 Å². The fourth-order valence-corrected chi connectivity index (χ4v) is 7.67. The van der Waals surface area contributed by atoms with Crippen LogP contribution in [0.25, 0.3) is 0 Å². The van der Waals surface area contributed by atoms with E-state index in [0.29, 0.717) is 6.42 Å². The SMILES string of the molecule is COC(CNC(=O)CNC(=O)COCCOCCNC(=O)CCC(NC(=O)CCC(NC(=O)CCCS(=O)(=O)NC(=O)CCCCCCCCCCCCCCCc1nnn[nH]1)C(=O)O)C(=O)O)OC. The van der Waals surface area contributed by atoms with Crippen LogP contribution in [-0.4, -0.2) is 171 Å². The number of ether oxygens (including phenoxy) is 4. The molecule has 0 spiro atoms. The number of methoxy groups -OCH3 is 2. The lowest BCUT2D eigenvalue weighted by atomic mass is 10.0. The highest BCUT2D eigenvalue weighted by molar-refractivity contribution is 7.90. The Hall–Kier alpha value is -5.38. The van der Waals surface area contributed by atoms with Crippen LogP contribution in [0, 0.1) is 0 Å². The predicted molar refractivity (Wildman–Crippen MR) is 250 cm³/mol. The summed E-state index contributed by atoms with van der Waals surface area (Å²) in [6, 6.07) is -3.02. The van der Waals surface area contributed by atoms with Crippen LogP contribution in [0.1, 0.15) is 134 Å². The Bertz CT molecular complexity index is 1790. The molecular formula is C43H76N10O16S. The zero-order chi connectivity index (χ0) is 51.8. The lowest BCUT2D eigenvalue weighted by Gasteiger charge is -2.17. The fraction of sp³-hybridized carbons (Fsp3) is 0.791. The van der Waals surface area contributed by atoms with Crippen molar-refractivity contribution in [1.82, 2.24) is 51.9 Å².